The summed E-state index contributed by atoms with van der Waals surface area (Å²) < 4.78 is 0. The van der Waals surface area contributed by atoms with E-state index in [-0.39, 0.29) is 5.54 Å². The van der Waals surface area contributed by atoms with Crippen LogP contribution in [0.3, 0.4) is 0 Å². The quantitative estimate of drug-likeness (QED) is 0.833. The van der Waals surface area contributed by atoms with Gasteiger partial charge < -0.3 is 5.73 Å². The summed E-state index contributed by atoms with van der Waals surface area (Å²) in [7, 11) is 2.28. The fourth-order valence-corrected chi connectivity index (χ4v) is 3.08. The molecule has 0 aromatic heterocycles. The van der Waals surface area contributed by atoms with Gasteiger partial charge in [-0.3, -0.25) is 4.90 Å². The molecular weight excluding hydrogens is 220 g/mol. The highest BCUT2D eigenvalue weighted by atomic mass is 15.2. The van der Waals surface area contributed by atoms with Crippen molar-refractivity contribution in [2.75, 3.05) is 13.6 Å². The first-order chi connectivity index (χ1) is 8.04. The van der Waals surface area contributed by atoms with E-state index in [1.165, 1.54) is 25.7 Å². The number of hydrogen-bond acceptors (Lipinski definition) is 2. The molecule has 0 radical (unpaired) electrons. The van der Waals surface area contributed by atoms with Gasteiger partial charge in [0.15, 0.2) is 0 Å². The van der Waals surface area contributed by atoms with Crippen molar-refractivity contribution in [3.63, 3.8) is 0 Å². The zero-order valence-electron chi connectivity index (χ0n) is 13.6. The molecule has 1 aliphatic carbocycles. The standard InChI is InChI=1S/C16H34N2/c1-13(14(2,3)4)18(7)16(12-17)10-8-15(5,6)9-11-16/h13H,8-12,17H2,1-7H3. The fraction of sp³-hybridized carbons (Fsp3) is 1.00. The predicted molar refractivity (Wildman–Crippen MR) is 80.7 cm³/mol. The molecule has 1 atom stereocenters. The molecule has 108 valence electrons. The third-order valence-electron chi connectivity index (χ3n) is 5.50. The minimum atomic E-state index is 0.224. The second-order valence-electron chi connectivity index (χ2n) is 8.25. The summed E-state index contributed by atoms with van der Waals surface area (Å²) >= 11 is 0. The van der Waals surface area contributed by atoms with E-state index in [0.717, 1.165) is 6.54 Å². The average molecular weight is 254 g/mol. The SMILES string of the molecule is CC(N(C)C1(CN)CCC(C)(C)CC1)C(C)(C)C. The zero-order valence-corrected chi connectivity index (χ0v) is 13.6. The van der Waals surface area contributed by atoms with E-state index in [1.807, 2.05) is 0 Å². The Kier molecular flexibility index (Phi) is 4.55. The first kappa shape index (κ1) is 16.0. The lowest BCUT2D eigenvalue weighted by molar-refractivity contribution is -0.0139. The van der Waals surface area contributed by atoms with Crippen LogP contribution in [0.2, 0.25) is 0 Å². The molecule has 0 saturated heterocycles. The van der Waals surface area contributed by atoms with Crippen LogP contribution in [0.1, 0.15) is 67.2 Å². The van der Waals surface area contributed by atoms with Gasteiger partial charge in [0.25, 0.3) is 0 Å². The van der Waals surface area contributed by atoms with Gasteiger partial charge in [0, 0.05) is 18.1 Å². The Bertz CT molecular complexity index is 265. The monoisotopic (exact) mass is 254 g/mol. The average Bonchev–Trinajstić information content (AvgIpc) is 2.27. The summed E-state index contributed by atoms with van der Waals surface area (Å²) in [6.07, 6.45) is 5.08. The van der Waals surface area contributed by atoms with Crippen molar-refractivity contribution in [3.05, 3.63) is 0 Å². The van der Waals surface area contributed by atoms with Crippen LogP contribution in [-0.2, 0) is 0 Å². The van der Waals surface area contributed by atoms with Crippen molar-refractivity contribution in [1.29, 1.82) is 0 Å². The van der Waals surface area contributed by atoms with E-state index in [0.29, 0.717) is 16.9 Å². The van der Waals surface area contributed by atoms with E-state index in [1.54, 1.807) is 0 Å². The van der Waals surface area contributed by atoms with Gasteiger partial charge in [0.2, 0.25) is 0 Å². The summed E-state index contributed by atoms with van der Waals surface area (Å²) in [5.74, 6) is 0. The number of hydrogen-bond donors (Lipinski definition) is 1. The minimum absolute atomic E-state index is 0.224. The van der Waals surface area contributed by atoms with Crippen molar-refractivity contribution >= 4 is 0 Å². The van der Waals surface area contributed by atoms with Gasteiger partial charge >= 0.3 is 0 Å². The predicted octanol–water partition coefficient (Wildman–Crippen LogP) is 3.65. The van der Waals surface area contributed by atoms with Crippen molar-refractivity contribution in [1.82, 2.24) is 4.90 Å². The molecule has 2 N–H and O–H groups in total. The molecule has 1 unspecified atom stereocenters. The van der Waals surface area contributed by atoms with E-state index < -0.39 is 0 Å². The van der Waals surface area contributed by atoms with Crippen molar-refractivity contribution < 1.29 is 0 Å². The summed E-state index contributed by atoms with van der Waals surface area (Å²) in [6.45, 7) is 14.9. The minimum Gasteiger partial charge on any atom is -0.329 e. The Hall–Kier alpha value is -0.0800. The molecule has 0 aliphatic heterocycles. The summed E-state index contributed by atoms with van der Waals surface area (Å²) in [5, 5.41) is 0. The largest absolute Gasteiger partial charge is 0.329 e. The van der Waals surface area contributed by atoms with E-state index in [9.17, 15) is 0 Å². The van der Waals surface area contributed by atoms with Crippen LogP contribution in [0, 0.1) is 10.8 Å². The van der Waals surface area contributed by atoms with Gasteiger partial charge in [0.1, 0.15) is 0 Å². The topological polar surface area (TPSA) is 29.3 Å². The summed E-state index contributed by atoms with van der Waals surface area (Å²) in [5.41, 5.74) is 7.21. The molecule has 1 saturated carbocycles. The Morgan fingerprint density at radius 1 is 1.11 bits per heavy atom. The van der Waals surface area contributed by atoms with Gasteiger partial charge in [-0.15, -0.1) is 0 Å². The van der Waals surface area contributed by atoms with Crippen molar-refractivity contribution in [2.45, 2.75) is 78.8 Å². The van der Waals surface area contributed by atoms with Crippen LogP contribution in [0.5, 0.6) is 0 Å². The molecule has 1 aliphatic rings. The number of likely N-dealkylation sites (N-methyl/N-ethyl adjacent to an activating group) is 1. The smallest absolute Gasteiger partial charge is 0.0332 e. The third-order valence-corrected chi connectivity index (χ3v) is 5.50. The summed E-state index contributed by atoms with van der Waals surface area (Å²) in [6, 6.07) is 0.558. The van der Waals surface area contributed by atoms with Gasteiger partial charge in [-0.2, -0.15) is 0 Å². The maximum atomic E-state index is 6.17. The number of nitrogens with two attached hydrogens (primary N) is 1. The Balaban J connectivity index is 2.84. The van der Waals surface area contributed by atoms with Crippen LogP contribution in [0.15, 0.2) is 0 Å². The molecule has 0 aromatic rings. The normalized spacial score (nSPS) is 25.2. The lowest BCUT2D eigenvalue weighted by Crippen LogP contribution is -2.60. The maximum Gasteiger partial charge on any atom is 0.0332 e. The first-order valence-electron chi connectivity index (χ1n) is 7.47. The lowest BCUT2D eigenvalue weighted by Gasteiger charge is -2.52. The number of rotatable bonds is 3. The Labute approximate surface area is 114 Å². The van der Waals surface area contributed by atoms with Gasteiger partial charge in [-0.1, -0.05) is 34.6 Å². The molecular formula is C16H34N2. The van der Waals surface area contributed by atoms with Crippen LogP contribution in [0.4, 0.5) is 0 Å². The summed E-state index contributed by atoms with van der Waals surface area (Å²) in [4.78, 5) is 2.57. The van der Waals surface area contributed by atoms with Crippen LogP contribution >= 0.6 is 0 Å². The Morgan fingerprint density at radius 3 is 1.89 bits per heavy atom. The molecule has 1 fully saturated rings. The second kappa shape index (κ2) is 5.13. The van der Waals surface area contributed by atoms with Gasteiger partial charge in [-0.25, -0.2) is 0 Å². The highest BCUT2D eigenvalue weighted by molar-refractivity contribution is 4.99. The maximum absolute atomic E-state index is 6.17. The van der Waals surface area contributed by atoms with E-state index in [2.05, 4.69) is 53.5 Å². The second-order valence-corrected chi connectivity index (χ2v) is 8.25. The lowest BCUT2D eigenvalue weighted by atomic mass is 9.68. The molecule has 0 bridgehead atoms. The molecule has 0 amide bonds. The van der Waals surface area contributed by atoms with Gasteiger partial charge in [0.05, 0.1) is 0 Å². The third kappa shape index (κ3) is 3.27. The molecule has 18 heavy (non-hydrogen) atoms. The molecule has 0 aromatic carbocycles. The van der Waals surface area contributed by atoms with E-state index in [4.69, 9.17) is 5.73 Å². The molecule has 0 spiro atoms. The zero-order chi connectivity index (χ0) is 14.2. The first-order valence-corrected chi connectivity index (χ1v) is 7.47. The van der Waals surface area contributed by atoms with E-state index >= 15 is 0 Å². The van der Waals surface area contributed by atoms with Gasteiger partial charge in [-0.05, 0) is 50.5 Å². The highest BCUT2D eigenvalue weighted by Gasteiger charge is 2.43. The highest BCUT2D eigenvalue weighted by Crippen LogP contribution is 2.44. The molecule has 0 heterocycles. The van der Waals surface area contributed by atoms with Crippen LogP contribution in [-0.4, -0.2) is 30.1 Å². The molecule has 2 heteroatoms. The molecule has 2 nitrogen and oxygen atoms in total. The Morgan fingerprint density at radius 2 is 1.56 bits per heavy atom. The number of nitrogens with zero attached hydrogens (tertiary/aromatic N) is 1. The molecule has 1 rings (SSSR count). The van der Waals surface area contributed by atoms with Crippen LogP contribution < -0.4 is 5.73 Å². The van der Waals surface area contributed by atoms with Crippen molar-refractivity contribution in [2.24, 2.45) is 16.6 Å². The van der Waals surface area contributed by atoms with Crippen molar-refractivity contribution in [3.8, 4) is 0 Å². The van der Waals surface area contributed by atoms with Crippen LogP contribution in [0.25, 0.3) is 0 Å². The fourth-order valence-electron chi connectivity index (χ4n) is 3.08.